The summed E-state index contributed by atoms with van der Waals surface area (Å²) in [6.45, 7) is 15.8. The first-order valence-corrected chi connectivity index (χ1v) is 10.5. The zero-order valence-electron chi connectivity index (χ0n) is 19.0. The first kappa shape index (κ1) is 27.9. The van der Waals surface area contributed by atoms with Crippen molar-refractivity contribution >= 4 is 29.9 Å². The zero-order valence-corrected chi connectivity index (χ0v) is 21.4. The lowest BCUT2D eigenvalue weighted by molar-refractivity contribution is 0.146. The molecule has 0 fully saturated rings. The summed E-state index contributed by atoms with van der Waals surface area (Å²) in [6, 6.07) is 9.21. The van der Waals surface area contributed by atoms with Gasteiger partial charge in [-0.05, 0) is 58.7 Å². The van der Waals surface area contributed by atoms with E-state index >= 15 is 0 Å². The Balaban J connectivity index is 0.00000784. The second kappa shape index (κ2) is 16.7. The highest BCUT2D eigenvalue weighted by Crippen LogP contribution is 2.12. The molecule has 0 radical (unpaired) electrons. The number of hydrogen-bond donors (Lipinski definition) is 2. The summed E-state index contributed by atoms with van der Waals surface area (Å²) < 4.78 is 10.6. The molecule has 2 N–H and O–H groups in total. The third-order valence-corrected chi connectivity index (χ3v) is 4.46. The molecule has 0 atom stereocenters. The lowest BCUT2D eigenvalue weighted by Crippen LogP contribution is -2.41. The fourth-order valence-corrected chi connectivity index (χ4v) is 3.03. The van der Waals surface area contributed by atoms with Crippen molar-refractivity contribution < 1.29 is 9.47 Å². The maximum absolute atomic E-state index is 5.59. The van der Waals surface area contributed by atoms with Crippen LogP contribution in [0.25, 0.3) is 0 Å². The maximum atomic E-state index is 5.59. The van der Waals surface area contributed by atoms with Gasteiger partial charge in [-0.15, -0.1) is 24.0 Å². The quantitative estimate of drug-likeness (QED) is 0.179. The van der Waals surface area contributed by atoms with E-state index in [2.05, 4.69) is 62.3 Å². The number of ether oxygens (including phenoxy) is 2. The van der Waals surface area contributed by atoms with Crippen LogP contribution in [0.15, 0.2) is 29.3 Å². The summed E-state index contributed by atoms with van der Waals surface area (Å²) in [5, 5.41) is 6.76. The molecule has 0 aliphatic carbocycles. The van der Waals surface area contributed by atoms with Gasteiger partial charge in [-0.2, -0.15) is 0 Å². The molecule has 6 nitrogen and oxygen atoms in total. The highest BCUT2D eigenvalue weighted by Gasteiger charge is 2.12. The molecule has 1 rings (SSSR count). The Morgan fingerprint density at radius 2 is 1.69 bits per heavy atom. The van der Waals surface area contributed by atoms with Crippen molar-refractivity contribution in [3.05, 3.63) is 29.8 Å². The number of aliphatic imine (C=N–C) groups is 1. The van der Waals surface area contributed by atoms with Gasteiger partial charge in [0.15, 0.2) is 5.96 Å². The van der Waals surface area contributed by atoms with Gasteiger partial charge >= 0.3 is 0 Å². The van der Waals surface area contributed by atoms with E-state index in [9.17, 15) is 0 Å². The third kappa shape index (κ3) is 12.3. The predicted molar refractivity (Wildman–Crippen MR) is 134 cm³/mol. The van der Waals surface area contributed by atoms with Crippen LogP contribution in [0.5, 0.6) is 5.75 Å². The maximum Gasteiger partial charge on any atom is 0.191 e. The van der Waals surface area contributed by atoms with Crippen LogP contribution in [0, 0.1) is 0 Å². The zero-order chi connectivity index (χ0) is 20.8. The number of benzene rings is 1. The highest BCUT2D eigenvalue weighted by atomic mass is 127. The largest absolute Gasteiger partial charge is 0.491 e. The number of rotatable bonds is 13. The molecule has 1 aromatic carbocycles. The Bertz CT molecular complexity index is 542. The van der Waals surface area contributed by atoms with Crippen molar-refractivity contribution in [2.75, 3.05) is 40.0 Å². The Morgan fingerprint density at radius 3 is 2.24 bits per heavy atom. The molecule has 7 heteroatoms. The minimum absolute atomic E-state index is 0. The summed E-state index contributed by atoms with van der Waals surface area (Å²) >= 11 is 0. The second-order valence-electron chi connectivity index (χ2n) is 7.39. The number of halogens is 1. The van der Waals surface area contributed by atoms with Crippen LogP contribution >= 0.6 is 24.0 Å². The van der Waals surface area contributed by atoms with Crippen LogP contribution in [0.3, 0.4) is 0 Å². The second-order valence-corrected chi connectivity index (χ2v) is 7.39. The SMILES string of the molecule is CCNC(=NCc1ccc(OCCOC)cc1)NCCCN(C(C)C)C(C)C.I. The molecule has 0 aliphatic heterocycles. The molecule has 0 saturated heterocycles. The van der Waals surface area contributed by atoms with Crippen LogP contribution in [0.2, 0.25) is 0 Å². The smallest absolute Gasteiger partial charge is 0.191 e. The fourth-order valence-electron chi connectivity index (χ4n) is 3.03. The van der Waals surface area contributed by atoms with Crippen LogP contribution in [0.1, 0.15) is 46.6 Å². The normalized spacial score (nSPS) is 11.7. The molecular weight excluding hydrogens is 479 g/mol. The Hall–Kier alpha value is -1.06. The van der Waals surface area contributed by atoms with E-state index < -0.39 is 0 Å². The lowest BCUT2D eigenvalue weighted by Gasteiger charge is -2.30. The van der Waals surface area contributed by atoms with Crippen LogP contribution in [-0.4, -0.2) is 62.9 Å². The molecule has 0 bridgehead atoms. The van der Waals surface area contributed by atoms with E-state index in [-0.39, 0.29) is 24.0 Å². The van der Waals surface area contributed by atoms with E-state index in [4.69, 9.17) is 14.5 Å². The summed E-state index contributed by atoms with van der Waals surface area (Å²) in [4.78, 5) is 7.21. The molecule has 0 unspecified atom stereocenters. The van der Waals surface area contributed by atoms with Crippen molar-refractivity contribution in [2.45, 2.75) is 59.7 Å². The molecule has 0 aromatic heterocycles. The van der Waals surface area contributed by atoms with Crippen molar-refractivity contribution in [1.29, 1.82) is 0 Å². The van der Waals surface area contributed by atoms with E-state index in [0.29, 0.717) is 31.8 Å². The van der Waals surface area contributed by atoms with Gasteiger partial charge in [0, 0.05) is 38.8 Å². The number of methoxy groups -OCH3 is 1. The molecule has 1 aromatic rings. The molecule has 0 amide bonds. The number of nitrogens with zero attached hydrogens (tertiary/aromatic N) is 2. The topological polar surface area (TPSA) is 58.1 Å². The highest BCUT2D eigenvalue weighted by molar-refractivity contribution is 14.0. The molecule has 0 spiro atoms. The lowest BCUT2D eigenvalue weighted by atomic mass is 10.2. The summed E-state index contributed by atoms with van der Waals surface area (Å²) in [7, 11) is 1.67. The summed E-state index contributed by atoms with van der Waals surface area (Å²) in [6.07, 6.45) is 1.09. The van der Waals surface area contributed by atoms with Crippen molar-refractivity contribution in [1.82, 2.24) is 15.5 Å². The Morgan fingerprint density at radius 1 is 1.03 bits per heavy atom. The van der Waals surface area contributed by atoms with Gasteiger partial charge in [0.25, 0.3) is 0 Å². The van der Waals surface area contributed by atoms with Gasteiger partial charge in [-0.1, -0.05) is 12.1 Å². The molecule has 0 aliphatic rings. The molecule has 168 valence electrons. The number of hydrogen-bond acceptors (Lipinski definition) is 4. The van der Waals surface area contributed by atoms with Crippen LogP contribution < -0.4 is 15.4 Å². The molecular formula is C22H41IN4O2. The fraction of sp³-hybridized carbons (Fsp3) is 0.682. The van der Waals surface area contributed by atoms with Gasteiger partial charge in [0.05, 0.1) is 13.2 Å². The van der Waals surface area contributed by atoms with E-state index in [1.807, 2.05) is 12.1 Å². The van der Waals surface area contributed by atoms with Crippen LogP contribution in [-0.2, 0) is 11.3 Å². The molecule has 29 heavy (non-hydrogen) atoms. The molecule has 0 saturated carbocycles. The number of guanidine groups is 1. The van der Waals surface area contributed by atoms with Crippen molar-refractivity contribution in [2.24, 2.45) is 4.99 Å². The van der Waals surface area contributed by atoms with E-state index in [0.717, 1.165) is 43.3 Å². The van der Waals surface area contributed by atoms with Gasteiger partial charge in [-0.25, -0.2) is 4.99 Å². The van der Waals surface area contributed by atoms with Gasteiger partial charge < -0.3 is 20.1 Å². The van der Waals surface area contributed by atoms with Crippen LogP contribution in [0.4, 0.5) is 0 Å². The van der Waals surface area contributed by atoms with Crippen molar-refractivity contribution in [3.8, 4) is 5.75 Å². The summed E-state index contributed by atoms with van der Waals surface area (Å²) in [5.41, 5.74) is 1.15. The average molecular weight is 521 g/mol. The Labute approximate surface area is 194 Å². The minimum atomic E-state index is 0. The van der Waals surface area contributed by atoms with Gasteiger partial charge in [0.1, 0.15) is 12.4 Å². The number of nitrogens with one attached hydrogen (secondary N) is 2. The predicted octanol–water partition coefficient (Wildman–Crippen LogP) is 3.89. The minimum Gasteiger partial charge on any atom is -0.491 e. The van der Waals surface area contributed by atoms with Gasteiger partial charge in [-0.3, -0.25) is 4.90 Å². The monoisotopic (exact) mass is 520 g/mol. The first-order valence-electron chi connectivity index (χ1n) is 10.5. The van der Waals surface area contributed by atoms with E-state index in [1.54, 1.807) is 7.11 Å². The summed E-state index contributed by atoms with van der Waals surface area (Å²) in [5.74, 6) is 1.72. The first-order chi connectivity index (χ1) is 13.5. The van der Waals surface area contributed by atoms with Gasteiger partial charge in [0.2, 0.25) is 0 Å². The molecule has 0 heterocycles. The van der Waals surface area contributed by atoms with Crippen molar-refractivity contribution in [3.63, 3.8) is 0 Å². The average Bonchev–Trinajstić information content (AvgIpc) is 2.66. The third-order valence-electron chi connectivity index (χ3n) is 4.46. The standard InChI is InChI=1S/C22H40N4O2.HI/c1-7-23-22(24-13-8-14-26(18(2)3)19(4)5)25-17-20-9-11-21(12-10-20)28-16-15-27-6;/h9-12,18-19H,7-8,13-17H2,1-6H3,(H2,23,24,25);1H. The van der Waals surface area contributed by atoms with E-state index in [1.165, 1.54) is 0 Å². The Kier molecular flexibility index (Phi) is 16.1.